The van der Waals surface area contributed by atoms with Gasteiger partial charge in [-0.1, -0.05) is 62.7 Å². The summed E-state index contributed by atoms with van der Waals surface area (Å²) in [6, 6.07) is 8.85. The van der Waals surface area contributed by atoms with Gasteiger partial charge < -0.3 is 23.7 Å². The lowest BCUT2D eigenvalue weighted by atomic mass is 9.57. The van der Waals surface area contributed by atoms with E-state index in [0.29, 0.717) is 16.9 Å². The normalized spacial score (nSPS) is 23.7. The van der Waals surface area contributed by atoms with Gasteiger partial charge in [0, 0.05) is 36.7 Å². The van der Waals surface area contributed by atoms with Crippen molar-refractivity contribution in [3.63, 3.8) is 0 Å². The number of ketones is 2. The predicted molar refractivity (Wildman–Crippen MR) is 189 cm³/mol. The quantitative estimate of drug-likeness (QED) is 0.195. The Morgan fingerprint density at radius 3 is 2.35 bits per heavy atom. The van der Waals surface area contributed by atoms with Gasteiger partial charge in [0.2, 0.25) is 11.6 Å². The summed E-state index contributed by atoms with van der Waals surface area (Å²) in [5, 5.41) is 16.0. The van der Waals surface area contributed by atoms with Crippen molar-refractivity contribution in [2.45, 2.75) is 76.9 Å². The van der Waals surface area contributed by atoms with Crippen molar-refractivity contribution in [2.24, 2.45) is 11.8 Å². The number of halogens is 2. The highest BCUT2D eigenvalue weighted by Gasteiger charge is 2.69. The molecule has 0 bridgehead atoms. The molecular weight excluding hydrogens is 665 g/mol. The molecule has 49 heavy (non-hydrogen) atoms. The highest BCUT2D eigenvalue weighted by Crippen LogP contribution is 2.59. The zero-order valence-electron chi connectivity index (χ0n) is 29.8. The SMILES string of the molecule is Cc1c(Cl)c(N(C)C)c(F)c2c1C(O)=C1C(=O)[C@]3(O[Si](C)(C)C(C)(C)C)C(=O)c4c(OCc5ccccc5)noc4[C@@H](N(C)C)[C@@H]3C[C@@H]1C2. The third-order valence-corrected chi connectivity index (χ3v) is 15.9. The zero-order valence-corrected chi connectivity index (χ0v) is 31.6. The number of hydrogen-bond acceptors (Lipinski definition) is 9. The maximum Gasteiger partial charge on any atom is 0.265 e. The van der Waals surface area contributed by atoms with Crippen LogP contribution in [0.25, 0.3) is 5.76 Å². The van der Waals surface area contributed by atoms with E-state index in [-0.39, 0.29) is 63.5 Å². The Kier molecular flexibility index (Phi) is 8.70. The molecule has 0 radical (unpaired) electrons. The lowest BCUT2D eigenvalue weighted by molar-refractivity contribution is -0.140. The number of aliphatic hydroxyl groups excluding tert-OH is 1. The maximum absolute atomic E-state index is 16.2. The van der Waals surface area contributed by atoms with E-state index in [1.54, 1.807) is 25.9 Å². The molecule has 0 spiro atoms. The van der Waals surface area contributed by atoms with Crippen molar-refractivity contribution in [3.8, 4) is 5.88 Å². The molecular formula is C37H45ClFN3O6Si. The molecule has 3 aliphatic carbocycles. The van der Waals surface area contributed by atoms with Gasteiger partial charge in [-0.2, -0.15) is 0 Å². The minimum Gasteiger partial charge on any atom is -0.507 e. The first-order valence-electron chi connectivity index (χ1n) is 16.6. The number of Topliss-reactive ketones (excluding diaryl/α,β-unsaturated/α-hetero) is 2. The third kappa shape index (κ3) is 5.27. The van der Waals surface area contributed by atoms with Crippen LogP contribution in [0.5, 0.6) is 5.88 Å². The van der Waals surface area contributed by atoms with Crippen molar-refractivity contribution < 1.29 is 32.8 Å². The first kappa shape index (κ1) is 35.3. The van der Waals surface area contributed by atoms with Crippen molar-refractivity contribution in [1.82, 2.24) is 10.1 Å². The second-order valence-corrected chi connectivity index (χ2v) is 20.6. The number of benzene rings is 2. The summed E-state index contributed by atoms with van der Waals surface area (Å²) in [5.41, 5.74) is 0.131. The van der Waals surface area contributed by atoms with E-state index in [4.69, 9.17) is 25.3 Å². The lowest BCUT2D eigenvalue weighted by Gasteiger charge is -2.55. The van der Waals surface area contributed by atoms with Gasteiger partial charge in [-0.05, 0) is 74.2 Å². The number of carbonyl (C=O) groups is 2. The monoisotopic (exact) mass is 709 g/mol. The summed E-state index contributed by atoms with van der Waals surface area (Å²) in [6.07, 6.45) is 0.382. The fraction of sp³-hybridized carbons (Fsp3) is 0.486. The number of hydrogen-bond donors (Lipinski definition) is 1. The van der Waals surface area contributed by atoms with Crippen LogP contribution in [0.15, 0.2) is 40.4 Å². The number of anilines is 1. The lowest BCUT2D eigenvalue weighted by Crippen LogP contribution is -2.68. The highest BCUT2D eigenvalue weighted by atomic mass is 35.5. The molecule has 0 amide bonds. The van der Waals surface area contributed by atoms with Crippen molar-refractivity contribution in [3.05, 3.63) is 80.3 Å². The standard InChI is InChI=1S/C37H45ClFN3O6Si/c1-19-24-22(28(39)30(27(19)38)42(7)8)16-21-17-23-29(41(5)6)32-26(35(40-47-32)46-18-20-14-12-11-13-15-20)34(45)37(23,33(44)25(21)31(24)43)48-49(9,10)36(2,3)4/h11-15,21,23,29,43H,16-18H2,1-10H3/t21-,23-,29-,37-/m0/s1. The molecule has 12 heteroatoms. The number of fused-ring (bicyclic) bond motifs is 4. The molecule has 1 aromatic heterocycles. The molecule has 9 nitrogen and oxygen atoms in total. The Hall–Kier alpha value is -3.51. The van der Waals surface area contributed by atoms with E-state index in [9.17, 15) is 5.11 Å². The minimum atomic E-state index is -2.89. The largest absolute Gasteiger partial charge is 0.507 e. The number of aliphatic hydroxyl groups is 1. The van der Waals surface area contributed by atoms with Crippen LogP contribution in [-0.2, 0) is 22.2 Å². The van der Waals surface area contributed by atoms with Crippen LogP contribution in [0, 0.1) is 24.6 Å². The molecule has 0 saturated heterocycles. The summed E-state index contributed by atoms with van der Waals surface area (Å²) >= 11 is 6.68. The van der Waals surface area contributed by atoms with Gasteiger partial charge in [-0.15, -0.1) is 0 Å². The molecule has 3 aromatic rings. The molecule has 2 aromatic carbocycles. The summed E-state index contributed by atoms with van der Waals surface area (Å²) in [7, 11) is 4.23. The Morgan fingerprint density at radius 2 is 1.76 bits per heavy atom. The van der Waals surface area contributed by atoms with Gasteiger partial charge in [0.1, 0.15) is 17.9 Å². The summed E-state index contributed by atoms with van der Waals surface area (Å²) < 4.78 is 35.4. The number of rotatable bonds is 7. The van der Waals surface area contributed by atoms with Crippen LogP contribution in [0.4, 0.5) is 10.1 Å². The zero-order chi connectivity index (χ0) is 36.0. The molecule has 1 heterocycles. The van der Waals surface area contributed by atoms with E-state index in [2.05, 4.69) is 5.16 Å². The maximum atomic E-state index is 16.2. The average Bonchev–Trinajstić information content (AvgIpc) is 3.43. The number of nitrogens with zero attached hydrogens (tertiary/aromatic N) is 3. The Bertz CT molecular complexity index is 1880. The molecule has 262 valence electrons. The van der Waals surface area contributed by atoms with Gasteiger partial charge >= 0.3 is 0 Å². The van der Waals surface area contributed by atoms with Crippen LogP contribution in [-0.4, -0.2) is 68.8 Å². The van der Waals surface area contributed by atoms with Crippen LogP contribution in [0.2, 0.25) is 23.2 Å². The fourth-order valence-corrected chi connectivity index (χ4v) is 9.41. The summed E-state index contributed by atoms with van der Waals surface area (Å²) in [6.45, 7) is 12.0. The molecule has 1 saturated carbocycles. The third-order valence-electron chi connectivity index (χ3n) is 11.0. The second-order valence-electron chi connectivity index (χ2n) is 15.5. The molecule has 3 aliphatic rings. The van der Waals surface area contributed by atoms with Crippen molar-refractivity contribution in [2.75, 3.05) is 33.1 Å². The summed E-state index contributed by atoms with van der Waals surface area (Å²) in [4.78, 5) is 34.2. The van der Waals surface area contributed by atoms with E-state index < -0.39 is 49.2 Å². The average molecular weight is 710 g/mol. The molecule has 6 rings (SSSR count). The molecule has 0 aliphatic heterocycles. The van der Waals surface area contributed by atoms with Gasteiger partial charge in [-0.3, -0.25) is 14.5 Å². The topological polar surface area (TPSA) is 105 Å². The summed E-state index contributed by atoms with van der Waals surface area (Å²) in [5.74, 6) is -3.18. The number of carbonyl (C=O) groups excluding carboxylic acids is 2. The number of ether oxygens (including phenoxy) is 1. The van der Waals surface area contributed by atoms with Gasteiger partial charge in [0.05, 0.1) is 16.8 Å². The first-order chi connectivity index (χ1) is 22.8. The van der Waals surface area contributed by atoms with Gasteiger partial charge in [-0.25, -0.2) is 4.39 Å². The number of aromatic nitrogens is 1. The van der Waals surface area contributed by atoms with E-state index in [1.807, 2.05) is 83.2 Å². The predicted octanol–water partition coefficient (Wildman–Crippen LogP) is 7.71. The van der Waals surface area contributed by atoms with Crippen LogP contribution < -0.4 is 9.64 Å². The van der Waals surface area contributed by atoms with Crippen molar-refractivity contribution >= 4 is 42.9 Å². The van der Waals surface area contributed by atoms with Crippen molar-refractivity contribution in [1.29, 1.82) is 0 Å². The molecule has 4 atom stereocenters. The van der Waals surface area contributed by atoms with Crippen LogP contribution in [0.3, 0.4) is 0 Å². The van der Waals surface area contributed by atoms with Gasteiger partial charge in [0.25, 0.3) is 5.88 Å². The molecule has 0 unspecified atom stereocenters. The highest BCUT2D eigenvalue weighted by molar-refractivity contribution is 6.74. The smallest absolute Gasteiger partial charge is 0.265 e. The van der Waals surface area contributed by atoms with Crippen LogP contribution in [0.1, 0.15) is 71.6 Å². The van der Waals surface area contributed by atoms with Crippen LogP contribution >= 0.6 is 11.6 Å². The molecule has 1 N–H and O–H groups in total. The van der Waals surface area contributed by atoms with E-state index in [0.717, 1.165) is 5.56 Å². The van der Waals surface area contributed by atoms with Gasteiger partial charge in [0.15, 0.2) is 25.5 Å². The fourth-order valence-electron chi connectivity index (χ4n) is 7.61. The van der Waals surface area contributed by atoms with E-state index in [1.165, 1.54) is 0 Å². The Labute approximate surface area is 293 Å². The first-order valence-corrected chi connectivity index (χ1v) is 19.9. The Balaban J connectivity index is 1.59. The minimum absolute atomic E-state index is 0.0182. The molecule has 1 fully saturated rings. The van der Waals surface area contributed by atoms with E-state index >= 15 is 14.0 Å². The second kappa shape index (κ2) is 12.1. The Morgan fingerprint density at radius 1 is 1.10 bits per heavy atom.